The fourth-order valence-corrected chi connectivity index (χ4v) is 4.52. The Balaban J connectivity index is 2.14. The molecule has 1 heterocycles. The molecule has 0 amide bonds. The summed E-state index contributed by atoms with van der Waals surface area (Å²) in [6, 6.07) is 6.89. The van der Waals surface area contributed by atoms with Gasteiger partial charge in [0.15, 0.2) is 0 Å². The van der Waals surface area contributed by atoms with Crippen molar-refractivity contribution < 1.29 is 0 Å². The SMILES string of the molecule is CCc1ccc2c(c1)C1(C)CC(CC)CCC1(C)N2N. The third kappa shape index (κ3) is 1.60. The summed E-state index contributed by atoms with van der Waals surface area (Å²) in [6.07, 6.45) is 6.17. The molecule has 2 nitrogen and oxygen atoms in total. The molecule has 1 saturated carbocycles. The van der Waals surface area contributed by atoms with Gasteiger partial charge in [0.1, 0.15) is 0 Å². The molecule has 2 heteroatoms. The molecular formula is C18H28N2. The Labute approximate surface area is 123 Å². The maximum Gasteiger partial charge on any atom is 0.0627 e. The minimum absolute atomic E-state index is 0.0768. The van der Waals surface area contributed by atoms with Crippen molar-refractivity contribution in [3.63, 3.8) is 0 Å². The second-order valence-electron chi connectivity index (χ2n) is 7.20. The molecule has 1 fully saturated rings. The molecule has 1 aromatic carbocycles. The van der Waals surface area contributed by atoms with Crippen molar-refractivity contribution in [2.75, 3.05) is 5.01 Å². The van der Waals surface area contributed by atoms with Crippen molar-refractivity contribution >= 4 is 5.69 Å². The van der Waals surface area contributed by atoms with E-state index in [1.54, 1.807) is 0 Å². The van der Waals surface area contributed by atoms with Crippen molar-refractivity contribution in [2.24, 2.45) is 11.8 Å². The maximum absolute atomic E-state index is 6.53. The minimum Gasteiger partial charge on any atom is -0.304 e. The summed E-state index contributed by atoms with van der Waals surface area (Å²) in [7, 11) is 0. The van der Waals surface area contributed by atoms with Gasteiger partial charge >= 0.3 is 0 Å². The van der Waals surface area contributed by atoms with Crippen LogP contribution in [0.4, 0.5) is 5.69 Å². The van der Waals surface area contributed by atoms with Gasteiger partial charge in [-0.3, -0.25) is 0 Å². The molecule has 3 atom stereocenters. The molecule has 1 aliphatic carbocycles. The Morgan fingerprint density at radius 2 is 2.05 bits per heavy atom. The highest BCUT2D eigenvalue weighted by molar-refractivity contribution is 5.66. The minimum atomic E-state index is 0.0768. The van der Waals surface area contributed by atoms with Gasteiger partial charge in [0.2, 0.25) is 0 Å². The van der Waals surface area contributed by atoms with Crippen molar-refractivity contribution in [3.05, 3.63) is 29.3 Å². The fraction of sp³-hybridized carbons (Fsp3) is 0.667. The number of rotatable bonds is 2. The van der Waals surface area contributed by atoms with E-state index in [9.17, 15) is 0 Å². The molecule has 3 unspecified atom stereocenters. The molecule has 0 bridgehead atoms. The van der Waals surface area contributed by atoms with Crippen LogP contribution in [0, 0.1) is 5.92 Å². The summed E-state index contributed by atoms with van der Waals surface area (Å²) in [4.78, 5) is 0. The summed E-state index contributed by atoms with van der Waals surface area (Å²) in [5.74, 6) is 7.38. The predicted octanol–water partition coefficient (Wildman–Crippen LogP) is 4.17. The average Bonchev–Trinajstić information content (AvgIpc) is 2.64. The Kier molecular flexibility index (Phi) is 3.13. The second kappa shape index (κ2) is 4.49. The van der Waals surface area contributed by atoms with Gasteiger partial charge in [0.25, 0.3) is 0 Å². The van der Waals surface area contributed by atoms with Crippen LogP contribution in [0.15, 0.2) is 18.2 Å². The van der Waals surface area contributed by atoms with Crippen LogP contribution >= 0.6 is 0 Å². The average molecular weight is 272 g/mol. The first kappa shape index (κ1) is 13.9. The highest BCUT2D eigenvalue weighted by Crippen LogP contribution is 2.58. The number of anilines is 1. The molecule has 1 aliphatic heterocycles. The van der Waals surface area contributed by atoms with E-state index < -0.39 is 0 Å². The normalized spacial score (nSPS) is 35.9. The Morgan fingerprint density at radius 1 is 1.30 bits per heavy atom. The van der Waals surface area contributed by atoms with Gasteiger partial charge in [-0.2, -0.15) is 0 Å². The standard InChI is InChI=1S/C18H28N2/c1-5-13-7-8-16-15(11-13)17(3)12-14(6-2)9-10-18(17,4)20(16)19/h7-8,11,14H,5-6,9-10,12,19H2,1-4H3. The van der Waals surface area contributed by atoms with Crippen molar-refractivity contribution in [3.8, 4) is 0 Å². The van der Waals surface area contributed by atoms with Gasteiger partial charge in [-0.25, -0.2) is 5.84 Å². The highest BCUT2D eigenvalue weighted by Gasteiger charge is 2.58. The van der Waals surface area contributed by atoms with Crippen LogP contribution in [0.5, 0.6) is 0 Å². The third-order valence-corrected chi connectivity index (χ3v) is 6.36. The molecule has 0 saturated heterocycles. The Bertz CT molecular complexity index is 524. The van der Waals surface area contributed by atoms with Gasteiger partial charge < -0.3 is 5.01 Å². The quantitative estimate of drug-likeness (QED) is 0.819. The van der Waals surface area contributed by atoms with Crippen molar-refractivity contribution in [1.82, 2.24) is 0 Å². The number of nitrogens with zero attached hydrogens (tertiary/aromatic N) is 1. The zero-order chi connectivity index (χ0) is 14.5. The Hall–Kier alpha value is -1.02. The van der Waals surface area contributed by atoms with Gasteiger partial charge in [0, 0.05) is 5.41 Å². The fourth-order valence-electron chi connectivity index (χ4n) is 4.52. The molecule has 0 radical (unpaired) electrons. The van der Waals surface area contributed by atoms with Gasteiger partial charge in [-0.05, 0) is 55.7 Å². The van der Waals surface area contributed by atoms with Crippen LogP contribution in [0.25, 0.3) is 0 Å². The molecule has 20 heavy (non-hydrogen) atoms. The van der Waals surface area contributed by atoms with Crippen LogP contribution in [0.2, 0.25) is 0 Å². The predicted molar refractivity (Wildman–Crippen MR) is 85.9 cm³/mol. The number of hydrogen-bond acceptors (Lipinski definition) is 2. The number of fused-ring (bicyclic) bond motifs is 3. The number of aryl methyl sites for hydroxylation is 1. The zero-order valence-corrected chi connectivity index (χ0v) is 13.4. The molecule has 0 aromatic heterocycles. The van der Waals surface area contributed by atoms with E-state index in [-0.39, 0.29) is 11.0 Å². The monoisotopic (exact) mass is 272 g/mol. The molecule has 1 aromatic rings. The van der Waals surface area contributed by atoms with Crippen LogP contribution in [-0.4, -0.2) is 5.54 Å². The molecule has 2 N–H and O–H groups in total. The van der Waals surface area contributed by atoms with E-state index in [1.165, 1.54) is 42.5 Å². The molecule has 110 valence electrons. The highest BCUT2D eigenvalue weighted by atomic mass is 15.5. The first-order valence-electron chi connectivity index (χ1n) is 8.14. The molecule has 0 spiro atoms. The summed E-state index contributed by atoms with van der Waals surface area (Å²) in [5.41, 5.74) is 4.44. The maximum atomic E-state index is 6.53. The van der Waals surface area contributed by atoms with Crippen LogP contribution < -0.4 is 10.9 Å². The number of benzene rings is 1. The first-order valence-corrected chi connectivity index (χ1v) is 8.14. The summed E-state index contributed by atoms with van der Waals surface area (Å²) < 4.78 is 0. The number of hydrogen-bond donors (Lipinski definition) is 1. The van der Waals surface area contributed by atoms with E-state index in [0.29, 0.717) is 0 Å². The number of nitrogens with two attached hydrogens (primary N) is 1. The number of hydrazine groups is 1. The smallest absolute Gasteiger partial charge is 0.0627 e. The van der Waals surface area contributed by atoms with Crippen molar-refractivity contribution in [2.45, 2.75) is 70.8 Å². The molecular weight excluding hydrogens is 244 g/mol. The third-order valence-electron chi connectivity index (χ3n) is 6.36. The lowest BCUT2D eigenvalue weighted by Gasteiger charge is -2.50. The van der Waals surface area contributed by atoms with Crippen LogP contribution in [0.3, 0.4) is 0 Å². The van der Waals surface area contributed by atoms with E-state index >= 15 is 0 Å². The zero-order valence-electron chi connectivity index (χ0n) is 13.4. The largest absolute Gasteiger partial charge is 0.304 e. The summed E-state index contributed by atoms with van der Waals surface area (Å²) in [5, 5.41) is 2.08. The lowest BCUT2D eigenvalue weighted by Crippen LogP contribution is -2.60. The van der Waals surface area contributed by atoms with Gasteiger partial charge in [-0.15, -0.1) is 0 Å². The molecule has 3 rings (SSSR count). The van der Waals surface area contributed by atoms with E-state index in [0.717, 1.165) is 12.3 Å². The second-order valence-corrected chi connectivity index (χ2v) is 7.20. The Morgan fingerprint density at radius 3 is 2.70 bits per heavy atom. The summed E-state index contributed by atoms with van der Waals surface area (Å²) in [6.45, 7) is 9.37. The van der Waals surface area contributed by atoms with E-state index in [1.807, 2.05) is 0 Å². The topological polar surface area (TPSA) is 29.3 Å². The summed E-state index contributed by atoms with van der Waals surface area (Å²) >= 11 is 0. The lowest BCUT2D eigenvalue weighted by molar-refractivity contribution is 0.135. The van der Waals surface area contributed by atoms with Crippen LogP contribution in [0.1, 0.15) is 64.5 Å². The van der Waals surface area contributed by atoms with Gasteiger partial charge in [-0.1, -0.05) is 39.3 Å². The molecule has 2 aliphatic rings. The van der Waals surface area contributed by atoms with Gasteiger partial charge in [0.05, 0.1) is 11.2 Å². The first-order chi connectivity index (χ1) is 9.46. The van der Waals surface area contributed by atoms with E-state index in [4.69, 9.17) is 5.84 Å². The van der Waals surface area contributed by atoms with E-state index in [2.05, 4.69) is 50.9 Å². The van der Waals surface area contributed by atoms with Crippen molar-refractivity contribution in [1.29, 1.82) is 0 Å². The lowest BCUT2D eigenvalue weighted by atomic mass is 9.58. The van der Waals surface area contributed by atoms with Crippen LogP contribution in [-0.2, 0) is 11.8 Å².